The molecule has 0 aromatic heterocycles. The Labute approximate surface area is 114 Å². The van der Waals surface area contributed by atoms with Gasteiger partial charge < -0.3 is 0 Å². The van der Waals surface area contributed by atoms with Gasteiger partial charge in [-0.1, -0.05) is 0 Å². The first-order valence-corrected chi connectivity index (χ1v) is 4.51. The van der Waals surface area contributed by atoms with Gasteiger partial charge in [0.25, 0.3) is 0 Å². The SMILES string of the molecule is [I].[I].[Pt]/[C]1=C/C=C\CCCC1. The Balaban J connectivity index is 0. The van der Waals surface area contributed by atoms with E-state index in [1.165, 1.54) is 29.6 Å². The van der Waals surface area contributed by atoms with Crippen molar-refractivity contribution in [1.82, 2.24) is 0 Å². The summed E-state index contributed by atoms with van der Waals surface area (Å²) in [5.41, 5.74) is 0. The summed E-state index contributed by atoms with van der Waals surface area (Å²) in [6.45, 7) is 0. The minimum absolute atomic E-state index is 0. The second-order valence-corrected chi connectivity index (χ2v) is 3.71. The van der Waals surface area contributed by atoms with Crippen molar-refractivity contribution in [1.29, 1.82) is 0 Å². The number of hydrogen-bond acceptors (Lipinski definition) is 0. The van der Waals surface area contributed by atoms with Crippen LogP contribution in [0.2, 0.25) is 0 Å². The summed E-state index contributed by atoms with van der Waals surface area (Å²) < 4.78 is 1.49. The zero-order valence-electron chi connectivity index (χ0n) is 6.13. The molecule has 0 aliphatic heterocycles. The van der Waals surface area contributed by atoms with Gasteiger partial charge in [0.05, 0.1) is 0 Å². The average Bonchev–Trinajstić information content (AvgIpc) is 1.79. The topological polar surface area (TPSA) is 0 Å². The molecule has 1 aliphatic rings. The molecule has 0 N–H and O–H groups in total. The first-order valence-electron chi connectivity index (χ1n) is 3.38. The molecular formula is C8H11I2Pt. The summed E-state index contributed by atoms with van der Waals surface area (Å²) >= 11 is 2.39. The molecule has 0 saturated carbocycles. The van der Waals surface area contributed by atoms with Gasteiger partial charge in [-0.05, 0) is 0 Å². The fourth-order valence-electron chi connectivity index (χ4n) is 0.891. The fourth-order valence-corrected chi connectivity index (χ4v) is 1.51. The molecule has 0 amide bonds. The molecule has 1 aliphatic carbocycles. The van der Waals surface area contributed by atoms with Gasteiger partial charge in [0, 0.05) is 48.0 Å². The maximum atomic E-state index is 2.39. The third-order valence-corrected chi connectivity index (χ3v) is 2.37. The van der Waals surface area contributed by atoms with E-state index in [1.807, 2.05) is 0 Å². The van der Waals surface area contributed by atoms with Crippen molar-refractivity contribution in [3.8, 4) is 0 Å². The Morgan fingerprint density at radius 2 is 1.91 bits per heavy atom. The van der Waals surface area contributed by atoms with E-state index in [1.54, 1.807) is 0 Å². The number of halogens is 2. The third-order valence-electron chi connectivity index (χ3n) is 1.42. The van der Waals surface area contributed by atoms with Crippen molar-refractivity contribution in [3.63, 3.8) is 0 Å². The summed E-state index contributed by atoms with van der Waals surface area (Å²) in [4.78, 5) is 0. The van der Waals surface area contributed by atoms with E-state index in [0.29, 0.717) is 0 Å². The second kappa shape index (κ2) is 9.71. The Hall–Kier alpha value is 1.63. The van der Waals surface area contributed by atoms with Gasteiger partial charge in [-0.3, -0.25) is 0 Å². The molecule has 67 valence electrons. The van der Waals surface area contributed by atoms with Crippen LogP contribution in [0, 0.1) is 0 Å². The molecular weight excluding hydrogens is 545 g/mol. The average molecular weight is 556 g/mol. The molecule has 0 fully saturated rings. The molecule has 0 heterocycles. The normalized spacial score (nSPS) is 24.4. The van der Waals surface area contributed by atoms with Crippen molar-refractivity contribution in [3.05, 3.63) is 22.2 Å². The zero-order valence-corrected chi connectivity index (χ0v) is 12.7. The molecule has 0 spiro atoms. The molecule has 2 radical (unpaired) electrons. The molecule has 1 rings (SSSR count). The summed E-state index contributed by atoms with van der Waals surface area (Å²) in [6, 6.07) is 0. The van der Waals surface area contributed by atoms with Gasteiger partial charge in [-0.2, -0.15) is 0 Å². The van der Waals surface area contributed by atoms with Crippen LogP contribution in [0.5, 0.6) is 0 Å². The molecule has 11 heavy (non-hydrogen) atoms. The van der Waals surface area contributed by atoms with Crippen LogP contribution in [0.25, 0.3) is 0 Å². The van der Waals surface area contributed by atoms with Crippen molar-refractivity contribution < 1.29 is 19.8 Å². The van der Waals surface area contributed by atoms with Crippen molar-refractivity contribution in [2.45, 2.75) is 25.7 Å². The number of hydrogen-bond donors (Lipinski definition) is 0. The van der Waals surface area contributed by atoms with Crippen LogP contribution in [0.4, 0.5) is 0 Å². The van der Waals surface area contributed by atoms with Crippen molar-refractivity contribution in [2.75, 3.05) is 0 Å². The van der Waals surface area contributed by atoms with Crippen molar-refractivity contribution >= 4 is 48.0 Å². The Bertz CT molecular complexity index is 141. The molecule has 3 heteroatoms. The first-order chi connectivity index (χ1) is 4.39. The molecule has 0 aromatic rings. The fraction of sp³-hybridized carbons (Fsp3) is 0.500. The molecule has 0 unspecified atom stereocenters. The van der Waals surface area contributed by atoms with E-state index in [0.717, 1.165) is 0 Å². The third kappa shape index (κ3) is 7.97. The van der Waals surface area contributed by atoms with Gasteiger partial charge in [0.1, 0.15) is 0 Å². The molecule has 0 saturated heterocycles. The van der Waals surface area contributed by atoms with Crippen LogP contribution in [0.1, 0.15) is 25.7 Å². The second-order valence-electron chi connectivity index (χ2n) is 2.25. The van der Waals surface area contributed by atoms with Crippen LogP contribution in [0.15, 0.2) is 22.2 Å². The minimum atomic E-state index is 0. The van der Waals surface area contributed by atoms with Crippen LogP contribution in [-0.4, -0.2) is 0 Å². The zero-order chi connectivity index (χ0) is 6.53. The Morgan fingerprint density at radius 1 is 1.18 bits per heavy atom. The van der Waals surface area contributed by atoms with Gasteiger partial charge in [-0.15, -0.1) is 0 Å². The predicted molar refractivity (Wildman–Crippen MR) is 63.7 cm³/mol. The molecule has 0 aromatic carbocycles. The Morgan fingerprint density at radius 3 is 2.64 bits per heavy atom. The van der Waals surface area contributed by atoms with Crippen LogP contribution in [-0.2, 0) is 19.8 Å². The van der Waals surface area contributed by atoms with Crippen LogP contribution in [0.3, 0.4) is 0 Å². The van der Waals surface area contributed by atoms with Crippen molar-refractivity contribution in [2.24, 2.45) is 0 Å². The number of rotatable bonds is 0. The van der Waals surface area contributed by atoms with E-state index < -0.39 is 0 Å². The van der Waals surface area contributed by atoms with Gasteiger partial charge in [0.15, 0.2) is 0 Å². The maximum absolute atomic E-state index is 2.39. The Kier molecular flexibility index (Phi) is 13.3. The summed E-state index contributed by atoms with van der Waals surface area (Å²) in [5, 5.41) is 0. The van der Waals surface area contributed by atoms with E-state index in [-0.39, 0.29) is 48.0 Å². The van der Waals surface area contributed by atoms with Crippen LogP contribution >= 0.6 is 48.0 Å². The summed E-state index contributed by atoms with van der Waals surface area (Å²) in [7, 11) is 0. The summed E-state index contributed by atoms with van der Waals surface area (Å²) in [6.07, 6.45) is 11.9. The predicted octanol–water partition coefficient (Wildman–Crippen LogP) is 4.32. The first kappa shape index (κ1) is 15.1. The molecule has 0 nitrogen and oxygen atoms in total. The molecule has 0 atom stereocenters. The van der Waals surface area contributed by atoms with Crippen LogP contribution < -0.4 is 0 Å². The summed E-state index contributed by atoms with van der Waals surface area (Å²) in [5.74, 6) is 0. The van der Waals surface area contributed by atoms with Gasteiger partial charge in [0.2, 0.25) is 0 Å². The van der Waals surface area contributed by atoms with E-state index in [2.05, 4.69) is 38.0 Å². The standard InChI is InChI=1S/C8H11.2I.Pt/c1-2-4-6-8-7-5-3-1;;;/h1-3H,4,6-8H2;;;/b2-1-,5-3?;;;. The van der Waals surface area contributed by atoms with Gasteiger partial charge in [-0.25, -0.2) is 0 Å². The van der Waals surface area contributed by atoms with E-state index >= 15 is 0 Å². The van der Waals surface area contributed by atoms with Gasteiger partial charge >= 0.3 is 67.7 Å². The quantitative estimate of drug-likeness (QED) is 0.391. The van der Waals surface area contributed by atoms with E-state index in [9.17, 15) is 0 Å². The monoisotopic (exact) mass is 556 g/mol. The number of allylic oxidation sites excluding steroid dienone is 4. The van der Waals surface area contributed by atoms with E-state index in [4.69, 9.17) is 0 Å². The molecule has 0 bridgehead atoms.